The third kappa shape index (κ3) is 3.42. The highest BCUT2D eigenvalue weighted by Crippen LogP contribution is 2.30. The number of halogens is 2. The van der Waals surface area contributed by atoms with Gasteiger partial charge in [-0.3, -0.25) is 0 Å². The van der Waals surface area contributed by atoms with Crippen molar-refractivity contribution in [3.8, 4) is 11.4 Å². The lowest BCUT2D eigenvalue weighted by Gasteiger charge is -2.26. The lowest BCUT2D eigenvalue weighted by Crippen LogP contribution is -2.38. The highest BCUT2D eigenvalue weighted by Gasteiger charge is 2.26. The number of nitrogens with zero attached hydrogens (tertiary/aromatic N) is 4. The van der Waals surface area contributed by atoms with Crippen LogP contribution in [0.2, 0.25) is 5.02 Å². The monoisotopic (exact) mass is 441 g/mol. The van der Waals surface area contributed by atoms with Crippen LogP contribution in [0.3, 0.4) is 0 Å². The second kappa shape index (κ2) is 7.37. The zero-order valence-electron chi connectivity index (χ0n) is 16.0. The molecule has 1 N–H and O–H groups in total. The van der Waals surface area contributed by atoms with Gasteiger partial charge in [-0.05, 0) is 48.9 Å². The van der Waals surface area contributed by atoms with E-state index in [2.05, 4.69) is 15.4 Å². The minimum atomic E-state index is -0.337. The largest absolute Gasteiger partial charge is 0.322 e. The summed E-state index contributed by atoms with van der Waals surface area (Å²) in [7, 11) is 0. The smallest absolute Gasteiger partial charge is 0.319 e. The Balaban J connectivity index is 1.35. The summed E-state index contributed by atoms with van der Waals surface area (Å²) < 4.78 is 15.6. The van der Waals surface area contributed by atoms with Crippen molar-refractivity contribution in [1.82, 2.24) is 19.5 Å². The maximum atomic E-state index is 13.7. The molecule has 6 nitrogen and oxygen atoms in total. The van der Waals surface area contributed by atoms with E-state index < -0.39 is 0 Å². The number of nitrogens with one attached hydrogen (secondary N) is 1. The average molecular weight is 442 g/mol. The van der Waals surface area contributed by atoms with Gasteiger partial charge >= 0.3 is 6.03 Å². The number of hydrogen-bond donors (Lipinski definition) is 1. The van der Waals surface area contributed by atoms with Crippen molar-refractivity contribution in [2.75, 3.05) is 11.9 Å². The number of fused-ring (bicyclic) bond motifs is 3. The van der Waals surface area contributed by atoms with Crippen molar-refractivity contribution < 1.29 is 9.18 Å². The molecule has 1 aliphatic rings. The average Bonchev–Trinajstić information content (AvgIpc) is 3.28. The van der Waals surface area contributed by atoms with Crippen molar-refractivity contribution in [2.45, 2.75) is 19.9 Å². The number of benzene rings is 2. The summed E-state index contributed by atoms with van der Waals surface area (Å²) >= 11 is 7.49. The zero-order chi connectivity index (χ0) is 20.8. The van der Waals surface area contributed by atoms with Gasteiger partial charge in [0, 0.05) is 34.1 Å². The number of carbonyl (C=O) groups is 1. The van der Waals surface area contributed by atoms with Crippen LogP contribution in [0.4, 0.5) is 14.9 Å². The van der Waals surface area contributed by atoms with Crippen LogP contribution in [0.15, 0.2) is 42.5 Å². The van der Waals surface area contributed by atoms with Gasteiger partial charge in [0.25, 0.3) is 0 Å². The molecule has 9 heteroatoms. The number of rotatable bonds is 2. The number of amides is 2. The quantitative estimate of drug-likeness (QED) is 0.468. The molecule has 3 heterocycles. The Morgan fingerprint density at radius 1 is 1.23 bits per heavy atom. The standard InChI is InChI=1S/C21H17ClFN5OS/c1-12-2-7-15(10-16(12)23)24-20(29)27-9-8-17-18(11-27)30-21-25-19(26-28(17)21)13-3-5-14(22)6-4-13/h2-7,10H,8-9,11H2,1H3,(H,24,29). The van der Waals surface area contributed by atoms with Crippen LogP contribution in [0.25, 0.3) is 16.3 Å². The Kier molecular flexibility index (Phi) is 4.67. The van der Waals surface area contributed by atoms with Gasteiger partial charge in [0.15, 0.2) is 5.82 Å². The van der Waals surface area contributed by atoms with Crippen LogP contribution in [-0.4, -0.2) is 32.1 Å². The summed E-state index contributed by atoms with van der Waals surface area (Å²) in [6.07, 6.45) is 0.675. The number of carbonyl (C=O) groups excluding carboxylic acids is 1. The lowest BCUT2D eigenvalue weighted by atomic mass is 10.2. The van der Waals surface area contributed by atoms with Crippen LogP contribution in [-0.2, 0) is 13.0 Å². The molecule has 0 radical (unpaired) electrons. The first-order valence-electron chi connectivity index (χ1n) is 9.43. The van der Waals surface area contributed by atoms with Crippen LogP contribution >= 0.6 is 22.9 Å². The molecule has 0 fully saturated rings. The third-order valence-corrected chi connectivity index (χ3v) is 6.45. The maximum Gasteiger partial charge on any atom is 0.322 e. The highest BCUT2D eigenvalue weighted by atomic mass is 35.5. The normalized spacial score (nSPS) is 13.5. The predicted octanol–water partition coefficient (Wildman–Crippen LogP) is 5.15. The molecule has 0 bridgehead atoms. The van der Waals surface area contributed by atoms with Crippen LogP contribution in [0.1, 0.15) is 16.1 Å². The molecule has 2 aromatic carbocycles. The Morgan fingerprint density at radius 3 is 2.80 bits per heavy atom. The van der Waals surface area contributed by atoms with Crippen molar-refractivity contribution in [2.24, 2.45) is 0 Å². The molecule has 4 aromatic rings. The van der Waals surface area contributed by atoms with Gasteiger partial charge in [0.1, 0.15) is 5.82 Å². The number of aryl methyl sites for hydroxylation is 1. The number of thiazole rings is 1. The van der Waals surface area contributed by atoms with Gasteiger partial charge in [0.2, 0.25) is 4.96 Å². The Morgan fingerprint density at radius 2 is 2.03 bits per heavy atom. The lowest BCUT2D eigenvalue weighted by molar-refractivity contribution is 0.206. The van der Waals surface area contributed by atoms with E-state index in [1.54, 1.807) is 24.0 Å². The maximum absolute atomic E-state index is 13.7. The van der Waals surface area contributed by atoms with Gasteiger partial charge in [0.05, 0.1) is 12.2 Å². The van der Waals surface area contributed by atoms with E-state index in [1.807, 2.05) is 28.8 Å². The summed E-state index contributed by atoms with van der Waals surface area (Å²) in [4.78, 5) is 20.9. The molecule has 0 spiro atoms. The van der Waals surface area contributed by atoms with E-state index in [0.29, 0.717) is 41.6 Å². The summed E-state index contributed by atoms with van der Waals surface area (Å²) in [6.45, 7) is 2.71. The molecular formula is C21H17ClFN5OS. The molecular weight excluding hydrogens is 425 g/mol. The van der Waals surface area contributed by atoms with Crippen molar-refractivity contribution in [1.29, 1.82) is 0 Å². The summed E-state index contributed by atoms with van der Waals surface area (Å²) in [5.41, 5.74) is 2.98. The number of aromatic nitrogens is 3. The second-order valence-corrected chi connectivity index (χ2v) is 8.67. The Labute approximate surface area is 180 Å². The molecule has 5 rings (SSSR count). The fourth-order valence-corrected chi connectivity index (χ4v) is 4.70. The van der Waals surface area contributed by atoms with Crippen molar-refractivity contribution >= 4 is 39.6 Å². The van der Waals surface area contributed by atoms with Gasteiger partial charge in [-0.15, -0.1) is 5.10 Å². The van der Waals surface area contributed by atoms with E-state index >= 15 is 0 Å². The Bertz CT molecular complexity index is 1270. The summed E-state index contributed by atoms with van der Waals surface area (Å²) in [5.74, 6) is 0.318. The molecule has 0 unspecified atom stereocenters. The fraction of sp³-hybridized carbons (Fsp3) is 0.190. The van der Waals surface area contributed by atoms with E-state index in [1.165, 1.54) is 17.4 Å². The predicted molar refractivity (Wildman–Crippen MR) is 116 cm³/mol. The first kappa shape index (κ1) is 19.0. The molecule has 30 heavy (non-hydrogen) atoms. The summed E-state index contributed by atoms with van der Waals surface area (Å²) in [6, 6.07) is 11.9. The second-order valence-electron chi connectivity index (χ2n) is 7.17. The van der Waals surface area contributed by atoms with Crippen LogP contribution in [0, 0.1) is 12.7 Å². The third-order valence-electron chi connectivity index (χ3n) is 5.14. The van der Waals surface area contributed by atoms with Gasteiger partial charge < -0.3 is 10.2 Å². The molecule has 2 aromatic heterocycles. The Hall–Kier alpha value is -2.97. The number of anilines is 1. The van der Waals surface area contributed by atoms with E-state index in [9.17, 15) is 9.18 Å². The van der Waals surface area contributed by atoms with E-state index in [4.69, 9.17) is 11.6 Å². The van der Waals surface area contributed by atoms with Crippen LogP contribution < -0.4 is 5.32 Å². The SMILES string of the molecule is Cc1ccc(NC(=O)N2CCc3c(sc4nc(-c5ccc(Cl)cc5)nn34)C2)cc1F. The van der Waals surface area contributed by atoms with Gasteiger partial charge in [-0.1, -0.05) is 29.0 Å². The topological polar surface area (TPSA) is 62.5 Å². The number of urea groups is 1. The van der Waals surface area contributed by atoms with Crippen molar-refractivity contribution in [3.05, 3.63) is 69.4 Å². The van der Waals surface area contributed by atoms with E-state index in [-0.39, 0.29) is 11.8 Å². The van der Waals surface area contributed by atoms with Gasteiger partial charge in [-0.2, -0.15) is 4.98 Å². The van der Waals surface area contributed by atoms with E-state index in [0.717, 1.165) is 21.1 Å². The highest BCUT2D eigenvalue weighted by molar-refractivity contribution is 7.17. The summed E-state index contributed by atoms with van der Waals surface area (Å²) in [5, 5.41) is 8.10. The minimum absolute atomic E-state index is 0.246. The molecule has 0 aliphatic carbocycles. The molecule has 0 atom stereocenters. The molecule has 152 valence electrons. The first-order chi connectivity index (χ1) is 14.5. The minimum Gasteiger partial charge on any atom is -0.319 e. The fourth-order valence-electron chi connectivity index (χ4n) is 3.46. The zero-order valence-corrected chi connectivity index (χ0v) is 17.6. The molecule has 0 saturated heterocycles. The molecule has 2 amide bonds. The van der Waals surface area contributed by atoms with Gasteiger partial charge in [-0.25, -0.2) is 13.7 Å². The first-order valence-corrected chi connectivity index (χ1v) is 10.6. The van der Waals surface area contributed by atoms with Crippen molar-refractivity contribution in [3.63, 3.8) is 0 Å². The molecule has 1 aliphatic heterocycles. The van der Waals surface area contributed by atoms with Crippen LogP contribution in [0.5, 0.6) is 0 Å². The number of hydrogen-bond acceptors (Lipinski definition) is 4. The molecule has 0 saturated carbocycles.